The van der Waals surface area contributed by atoms with Crippen molar-refractivity contribution in [2.45, 2.75) is 26.2 Å². The zero-order chi connectivity index (χ0) is 16.9. The van der Waals surface area contributed by atoms with Crippen LogP contribution in [0, 0.1) is 0 Å². The Morgan fingerprint density at radius 3 is 2.67 bits per heavy atom. The summed E-state index contributed by atoms with van der Waals surface area (Å²) in [4.78, 5) is 11.9. The highest BCUT2D eigenvalue weighted by Crippen LogP contribution is 2.17. The maximum absolute atomic E-state index is 11.9. The summed E-state index contributed by atoms with van der Waals surface area (Å²) in [5.74, 6) is 0.526. The first kappa shape index (κ1) is 16.0. The third-order valence-corrected chi connectivity index (χ3v) is 3.56. The molecule has 0 radical (unpaired) electrons. The molecule has 7 nitrogen and oxygen atoms in total. The summed E-state index contributed by atoms with van der Waals surface area (Å²) in [7, 11) is 0. The van der Waals surface area contributed by atoms with Gasteiger partial charge in [0.2, 0.25) is 11.6 Å². The number of hydrogen-bond donors (Lipinski definition) is 1. The molecule has 2 aromatic rings. The fourth-order valence-electron chi connectivity index (χ4n) is 2.22. The Kier molecular flexibility index (Phi) is 4.79. The summed E-state index contributed by atoms with van der Waals surface area (Å²) in [5.41, 5.74) is 2.34. The van der Waals surface area contributed by atoms with Gasteiger partial charge in [0.25, 0.3) is 5.91 Å². The Balaban J connectivity index is 1.61. The van der Waals surface area contributed by atoms with Gasteiger partial charge >= 0.3 is 6.01 Å². The average molecular weight is 329 g/mol. The number of nitrogens with one attached hydrogen (secondary N) is 1. The van der Waals surface area contributed by atoms with Crippen molar-refractivity contribution in [2.75, 3.05) is 18.5 Å². The largest absolute Gasteiger partial charge is 0.494 e. The molecule has 0 unspecified atom stereocenters. The van der Waals surface area contributed by atoms with Crippen molar-refractivity contribution >= 4 is 11.9 Å². The zero-order valence-corrected chi connectivity index (χ0v) is 13.6. The molecule has 24 heavy (non-hydrogen) atoms. The summed E-state index contributed by atoms with van der Waals surface area (Å²) in [6.07, 6.45) is 1.77. The minimum Gasteiger partial charge on any atom is -0.494 e. The fraction of sp³-hybridized carbons (Fsp3) is 0.353. The summed E-state index contributed by atoms with van der Waals surface area (Å²) < 4.78 is 15.7. The van der Waals surface area contributed by atoms with Crippen molar-refractivity contribution < 1.29 is 18.7 Å². The number of carbonyl (C=O) groups excluding carboxylic acids is 1. The summed E-state index contributed by atoms with van der Waals surface area (Å²) in [6.45, 7) is 5.06. The Hall–Kier alpha value is -2.83. The number of anilines is 1. The molecule has 1 amide bonds. The van der Waals surface area contributed by atoms with Gasteiger partial charge < -0.3 is 13.9 Å². The fourth-order valence-corrected chi connectivity index (χ4v) is 2.22. The van der Waals surface area contributed by atoms with Crippen LogP contribution in [0.5, 0.6) is 0 Å². The monoisotopic (exact) mass is 329 g/mol. The van der Waals surface area contributed by atoms with Crippen LogP contribution in [0.15, 0.2) is 40.7 Å². The van der Waals surface area contributed by atoms with E-state index in [1.807, 2.05) is 12.1 Å². The van der Waals surface area contributed by atoms with Gasteiger partial charge in [-0.15, -0.1) is 5.10 Å². The molecule has 0 saturated carbocycles. The third kappa shape index (κ3) is 3.92. The number of benzene rings is 1. The van der Waals surface area contributed by atoms with E-state index in [9.17, 15) is 4.79 Å². The number of amides is 1. The first-order valence-electron chi connectivity index (χ1n) is 7.79. The van der Waals surface area contributed by atoms with Gasteiger partial charge in [-0.1, -0.05) is 43.2 Å². The molecule has 126 valence electrons. The van der Waals surface area contributed by atoms with Crippen molar-refractivity contribution in [1.82, 2.24) is 10.2 Å². The van der Waals surface area contributed by atoms with Crippen molar-refractivity contribution in [3.8, 4) is 0 Å². The molecule has 7 heteroatoms. The van der Waals surface area contributed by atoms with Gasteiger partial charge in [-0.2, -0.15) is 0 Å². The van der Waals surface area contributed by atoms with Gasteiger partial charge in [-0.05, 0) is 17.0 Å². The smallest absolute Gasteiger partial charge is 0.322 e. The Morgan fingerprint density at radius 1 is 1.21 bits per heavy atom. The van der Waals surface area contributed by atoms with Crippen molar-refractivity contribution in [2.24, 2.45) is 0 Å². The summed E-state index contributed by atoms with van der Waals surface area (Å²) in [6, 6.07) is 8.28. The molecule has 0 aliphatic carbocycles. The second kappa shape index (κ2) is 7.16. The van der Waals surface area contributed by atoms with Gasteiger partial charge in [0.05, 0.1) is 6.42 Å². The number of rotatable bonds is 5. The molecular weight excluding hydrogens is 310 g/mol. The standard InChI is InChI=1S/C17H19N3O4/c1-11(2)13-5-3-12(4-6-13)9-15-19-20-17(24-15)18-16(21)14-10-22-7-8-23-14/h3-6,10-11H,7-9H2,1-2H3,(H,18,20,21). The average Bonchev–Trinajstić information content (AvgIpc) is 3.03. The van der Waals surface area contributed by atoms with E-state index in [1.54, 1.807) is 0 Å². The third-order valence-electron chi connectivity index (χ3n) is 3.56. The van der Waals surface area contributed by atoms with Crippen LogP contribution in [-0.4, -0.2) is 29.3 Å². The molecule has 1 aromatic heterocycles. The molecule has 1 N–H and O–H groups in total. The number of nitrogens with zero attached hydrogens (tertiary/aromatic N) is 2. The number of hydrogen-bond acceptors (Lipinski definition) is 6. The quantitative estimate of drug-likeness (QED) is 0.907. The van der Waals surface area contributed by atoms with Crippen LogP contribution < -0.4 is 5.32 Å². The van der Waals surface area contributed by atoms with Gasteiger partial charge in [0.15, 0.2) is 0 Å². The van der Waals surface area contributed by atoms with Gasteiger partial charge in [0.1, 0.15) is 19.5 Å². The van der Waals surface area contributed by atoms with E-state index < -0.39 is 5.91 Å². The second-order valence-electron chi connectivity index (χ2n) is 5.73. The van der Waals surface area contributed by atoms with E-state index in [-0.39, 0.29) is 11.8 Å². The Labute approximate surface area is 139 Å². The van der Waals surface area contributed by atoms with E-state index in [0.29, 0.717) is 31.4 Å². The molecule has 1 aliphatic rings. The Bertz CT molecular complexity index is 735. The lowest BCUT2D eigenvalue weighted by Gasteiger charge is -2.13. The van der Waals surface area contributed by atoms with Crippen LogP contribution in [0.1, 0.15) is 36.8 Å². The minimum atomic E-state index is -0.480. The van der Waals surface area contributed by atoms with Crippen LogP contribution in [0.2, 0.25) is 0 Å². The molecule has 0 saturated heterocycles. The SMILES string of the molecule is CC(C)c1ccc(Cc2nnc(NC(=O)C3=COCCO3)o2)cc1. The van der Waals surface area contributed by atoms with Gasteiger partial charge in [-0.3, -0.25) is 10.1 Å². The maximum Gasteiger partial charge on any atom is 0.322 e. The summed E-state index contributed by atoms with van der Waals surface area (Å²) in [5, 5.41) is 10.3. The summed E-state index contributed by atoms with van der Waals surface area (Å²) >= 11 is 0. The van der Waals surface area contributed by atoms with Gasteiger partial charge in [-0.25, -0.2) is 0 Å². The van der Waals surface area contributed by atoms with E-state index >= 15 is 0 Å². The molecular formula is C17H19N3O4. The molecule has 0 bridgehead atoms. The first-order chi connectivity index (χ1) is 11.6. The van der Waals surface area contributed by atoms with E-state index in [0.717, 1.165) is 5.56 Å². The topological polar surface area (TPSA) is 86.5 Å². The predicted octanol–water partition coefficient (Wildman–Crippen LogP) is 2.61. The molecule has 1 aromatic carbocycles. The molecule has 0 fully saturated rings. The van der Waals surface area contributed by atoms with Crippen LogP contribution in [0.4, 0.5) is 6.01 Å². The molecule has 0 atom stereocenters. The number of aromatic nitrogens is 2. The van der Waals surface area contributed by atoms with E-state index in [1.165, 1.54) is 11.8 Å². The van der Waals surface area contributed by atoms with Crippen LogP contribution >= 0.6 is 0 Å². The highest BCUT2D eigenvalue weighted by atomic mass is 16.6. The van der Waals surface area contributed by atoms with E-state index in [2.05, 4.69) is 41.5 Å². The highest BCUT2D eigenvalue weighted by molar-refractivity contribution is 6.00. The molecule has 1 aliphatic heterocycles. The lowest BCUT2D eigenvalue weighted by Crippen LogP contribution is -2.21. The van der Waals surface area contributed by atoms with Crippen LogP contribution in [-0.2, 0) is 20.7 Å². The molecule has 2 heterocycles. The van der Waals surface area contributed by atoms with Crippen LogP contribution in [0.25, 0.3) is 0 Å². The number of carbonyl (C=O) groups is 1. The lowest BCUT2D eigenvalue weighted by atomic mass is 10.0. The Morgan fingerprint density at radius 2 is 2.00 bits per heavy atom. The lowest BCUT2D eigenvalue weighted by molar-refractivity contribution is -0.117. The predicted molar refractivity (Wildman–Crippen MR) is 86.3 cm³/mol. The molecule has 0 spiro atoms. The minimum absolute atomic E-state index is 0.0314. The van der Waals surface area contributed by atoms with Gasteiger partial charge in [0, 0.05) is 0 Å². The van der Waals surface area contributed by atoms with E-state index in [4.69, 9.17) is 13.9 Å². The first-order valence-corrected chi connectivity index (χ1v) is 7.79. The van der Waals surface area contributed by atoms with Crippen LogP contribution in [0.3, 0.4) is 0 Å². The van der Waals surface area contributed by atoms with Crippen molar-refractivity contribution in [1.29, 1.82) is 0 Å². The number of ether oxygens (including phenoxy) is 2. The van der Waals surface area contributed by atoms with Crippen molar-refractivity contribution in [3.05, 3.63) is 53.3 Å². The van der Waals surface area contributed by atoms with Crippen molar-refractivity contribution in [3.63, 3.8) is 0 Å². The zero-order valence-electron chi connectivity index (χ0n) is 13.6. The second-order valence-corrected chi connectivity index (χ2v) is 5.73. The maximum atomic E-state index is 11.9. The highest BCUT2D eigenvalue weighted by Gasteiger charge is 2.18. The normalized spacial score (nSPS) is 13.9. The molecule has 3 rings (SSSR count).